The predicted molar refractivity (Wildman–Crippen MR) is 153 cm³/mol. The molecule has 0 bridgehead atoms. The summed E-state index contributed by atoms with van der Waals surface area (Å²) in [5.41, 5.74) is 3.68. The van der Waals surface area contributed by atoms with Gasteiger partial charge in [0, 0.05) is 46.7 Å². The van der Waals surface area contributed by atoms with Crippen molar-refractivity contribution in [3.63, 3.8) is 0 Å². The van der Waals surface area contributed by atoms with Crippen molar-refractivity contribution >= 4 is 34.6 Å². The normalized spacial score (nSPS) is 19.7. The summed E-state index contributed by atoms with van der Waals surface area (Å²) in [5.74, 6) is -0.160. The van der Waals surface area contributed by atoms with E-state index in [0.29, 0.717) is 23.4 Å². The van der Waals surface area contributed by atoms with E-state index in [4.69, 9.17) is 0 Å². The molecule has 2 amide bonds. The summed E-state index contributed by atoms with van der Waals surface area (Å²) in [6.45, 7) is 3.08. The molecule has 9 heteroatoms. The molecule has 2 aromatic heterocycles. The van der Waals surface area contributed by atoms with Gasteiger partial charge in [-0.05, 0) is 61.9 Å². The molecule has 0 spiro atoms. The number of nitrogens with one attached hydrogen (secondary N) is 1. The molecule has 8 nitrogen and oxygen atoms in total. The number of fused-ring (bicyclic) bond motifs is 2. The van der Waals surface area contributed by atoms with Crippen LogP contribution >= 0.6 is 0 Å². The van der Waals surface area contributed by atoms with E-state index in [1.807, 2.05) is 43.3 Å². The van der Waals surface area contributed by atoms with E-state index in [0.717, 1.165) is 28.5 Å². The molecule has 2 aliphatic rings. The molecule has 1 saturated carbocycles. The first kappa shape index (κ1) is 26.6. The molecule has 0 unspecified atom stereocenters. The van der Waals surface area contributed by atoms with E-state index in [2.05, 4.69) is 15.3 Å². The van der Waals surface area contributed by atoms with Gasteiger partial charge in [0.1, 0.15) is 24.2 Å². The molecule has 0 radical (unpaired) electrons. The lowest BCUT2D eigenvalue weighted by Gasteiger charge is -2.27. The number of likely N-dealkylation sites (tertiary alicyclic amines) is 1. The van der Waals surface area contributed by atoms with Crippen LogP contribution in [0.1, 0.15) is 41.5 Å². The van der Waals surface area contributed by atoms with Crippen LogP contribution in [0.3, 0.4) is 0 Å². The van der Waals surface area contributed by atoms with Crippen molar-refractivity contribution in [3.05, 3.63) is 89.9 Å². The number of ketones is 1. The summed E-state index contributed by atoms with van der Waals surface area (Å²) >= 11 is 0. The molecular formula is C32H30FN5O3. The van der Waals surface area contributed by atoms with Crippen LogP contribution in [0.25, 0.3) is 28.1 Å². The Labute approximate surface area is 236 Å². The molecule has 4 aromatic rings. The molecule has 3 heterocycles. The van der Waals surface area contributed by atoms with E-state index in [9.17, 15) is 18.8 Å². The number of piperidine rings is 1. The molecule has 6 rings (SSSR count). The topological polar surface area (TPSA) is 97.2 Å². The van der Waals surface area contributed by atoms with E-state index in [1.165, 1.54) is 13.0 Å². The molecule has 208 valence electrons. The largest absolute Gasteiger partial charge is 0.348 e. The monoisotopic (exact) mass is 551 g/mol. The van der Waals surface area contributed by atoms with Crippen LogP contribution < -0.4 is 5.32 Å². The molecule has 1 saturated heterocycles. The van der Waals surface area contributed by atoms with Crippen molar-refractivity contribution in [2.75, 3.05) is 6.54 Å². The fourth-order valence-corrected chi connectivity index (χ4v) is 5.78. The SMILES string of the molecule is CC(=O)c1cn(CC(=O)N2[C@@H]3C[C@@H]3C[C@H]2C(=O)NC/C(F)=C\c2ccccc2)c2ccc(-c3cnc(C)nc3)cc12. The minimum absolute atomic E-state index is 0.00790. The maximum Gasteiger partial charge on any atom is 0.243 e. The van der Waals surface area contributed by atoms with Gasteiger partial charge in [0.2, 0.25) is 11.8 Å². The maximum atomic E-state index is 14.5. The Bertz CT molecular complexity index is 1680. The van der Waals surface area contributed by atoms with Gasteiger partial charge in [0.25, 0.3) is 0 Å². The van der Waals surface area contributed by atoms with Crippen molar-refractivity contribution in [3.8, 4) is 11.1 Å². The highest BCUT2D eigenvalue weighted by molar-refractivity contribution is 6.08. The Morgan fingerprint density at radius 2 is 1.80 bits per heavy atom. The van der Waals surface area contributed by atoms with Gasteiger partial charge < -0.3 is 14.8 Å². The van der Waals surface area contributed by atoms with Crippen LogP contribution in [-0.4, -0.2) is 55.7 Å². The number of hydrogen-bond donors (Lipinski definition) is 1. The highest BCUT2D eigenvalue weighted by Crippen LogP contribution is 2.48. The average molecular weight is 552 g/mol. The summed E-state index contributed by atoms with van der Waals surface area (Å²) < 4.78 is 16.2. The van der Waals surface area contributed by atoms with E-state index >= 15 is 0 Å². The van der Waals surface area contributed by atoms with Gasteiger partial charge in [0.15, 0.2) is 5.78 Å². The zero-order valence-corrected chi connectivity index (χ0v) is 22.9. The Hall–Kier alpha value is -4.66. The number of rotatable bonds is 8. The average Bonchev–Trinajstić information content (AvgIpc) is 3.47. The summed E-state index contributed by atoms with van der Waals surface area (Å²) in [5, 5.41) is 3.41. The highest BCUT2D eigenvalue weighted by atomic mass is 19.1. The van der Waals surface area contributed by atoms with Crippen molar-refractivity contribution in [2.45, 2.75) is 45.3 Å². The number of halogens is 1. The van der Waals surface area contributed by atoms with Crippen LogP contribution in [0, 0.1) is 12.8 Å². The second-order valence-corrected chi connectivity index (χ2v) is 10.8. The zero-order valence-electron chi connectivity index (χ0n) is 22.9. The van der Waals surface area contributed by atoms with Gasteiger partial charge in [-0.3, -0.25) is 14.4 Å². The number of aryl methyl sites for hydroxylation is 1. The smallest absolute Gasteiger partial charge is 0.243 e. The van der Waals surface area contributed by atoms with E-state index in [1.54, 1.807) is 40.2 Å². The summed E-state index contributed by atoms with van der Waals surface area (Å²) in [7, 11) is 0. The second kappa shape index (κ2) is 10.7. The lowest BCUT2D eigenvalue weighted by molar-refractivity contribution is -0.140. The number of nitrogens with zero attached hydrogens (tertiary/aromatic N) is 4. The quantitative estimate of drug-likeness (QED) is 0.320. The first-order valence-electron chi connectivity index (χ1n) is 13.7. The van der Waals surface area contributed by atoms with Crippen LogP contribution in [0.15, 0.2) is 72.9 Å². The van der Waals surface area contributed by atoms with Gasteiger partial charge in [-0.1, -0.05) is 36.4 Å². The van der Waals surface area contributed by atoms with Crippen molar-refractivity contribution in [2.24, 2.45) is 5.92 Å². The Balaban J connectivity index is 1.20. The van der Waals surface area contributed by atoms with Gasteiger partial charge in [-0.25, -0.2) is 14.4 Å². The fourth-order valence-electron chi connectivity index (χ4n) is 5.78. The summed E-state index contributed by atoms with van der Waals surface area (Å²) in [6.07, 6.45) is 8.01. The van der Waals surface area contributed by atoms with Crippen molar-refractivity contribution in [1.29, 1.82) is 0 Å². The van der Waals surface area contributed by atoms with Crippen LogP contribution in [0.4, 0.5) is 4.39 Å². The molecule has 1 N–H and O–H groups in total. The van der Waals surface area contributed by atoms with Crippen LogP contribution in [0.5, 0.6) is 0 Å². The minimum Gasteiger partial charge on any atom is -0.348 e. The minimum atomic E-state index is -0.641. The fraction of sp³-hybridized carbons (Fsp3) is 0.281. The van der Waals surface area contributed by atoms with Crippen molar-refractivity contribution < 1.29 is 18.8 Å². The first-order valence-corrected chi connectivity index (χ1v) is 13.7. The lowest BCUT2D eigenvalue weighted by atomic mass is 10.0. The zero-order chi connectivity index (χ0) is 28.7. The van der Waals surface area contributed by atoms with E-state index in [-0.39, 0.29) is 42.6 Å². The Morgan fingerprint density at radius 1 is 1.05 bits per heavy atom. The van der Waals surface area contributed by atoms with E-state index < -0.39 is 11.9 Å². The van der Waals surface area contributed by atoms with Gasteiger partial charge in [-0.2, -0.15) is 0 Å². The highest BCUT2D eigenvalue weighted by Gasteiger charge is 2.55. The Kier molecular flexibility index (Phi) is 6.95. The number of benzene rings is 2. The Morgan fingerprint density at radius 3 is 2.54 bits per heavy atom. The van der Waals surface area contributed by atoms with Gasteiger partial charge in [0.05, 0.1) is 6.54 Å². The molecular weight excluding hydrogens is 521 g/mol. The predicted octanol–water partition coefficient (Wildman–Crippen LogP) is 4.73. The third-order valence-corrected chi connectivity index (χ3v) is 7.93. The maximum absolute atomic E-state index is 14.5. The summed E-state index contributed by atoms with van der Waals surface area (Å²) in [6, 6.07) is 14.2. The number of carbonyl (C=O) groups is 3. The van der Waals surface area contributed by atoms with Gasteiger partial charge in [-0.15, -0.1) is 0 Å². The molecule has 2 aromatic carbocycles. The number of aromatic nitrogens is 3. The molecule has 1 aliphatic carbocycles. The van der Waals surface area contributed by atoms with Crippen LogP contribution in [-0.2, 0) is 16.1 Å². The second-order valence-electron chi connectivity index (χ2n) is 10.8. The summed E-state index contributed by atoms with van der Waals surface area (Å²) in [4.78, 5) is 49.4. The number of carbonyl (C=O) groups excluding carboxylic acids is 3. The first-order chi connectivity index (χ1) is 19.8. The standard InChI is InChI=1S/C32H30FN5O3/c1-19(39)27-17-37(28-9-8-22(11-26(27)28)24-14-34-20(2)35-15-24)18-31(40)38-29-12-23(29)13-30(38)32(41)36-16-25(33)10-21-6-4-3-5-7-21/h3-11,14-15,17,23,29-30H,12-13,16,18H2,1-2H3,(H,36,41)/b25-10+/t23-,29-,30+/m1/s1. The van der Waals surface area contributed by atoms with Crippen LogP contribution in [0.2, 0.25) is 0 Å². The molecule has 3 atom stereocenters. The molecule has 1 aliphatic heterocycles. The molecule has 41 heavy (non-hydrogen) atoms. The molecule has 2 fully saturated rings. The number of hydrogen-bond acceptors (Lipinski definition) is 5. The van der Waals surface area contributed by atoms with Gasteiger partial charge >= 0.3 is 0 Å². The third-order valence-electron chi connectivity index (χ3n) is 7.93. The number of amides is 2. The number of Topliss-reactive ketones (excluding diaryl/α,β-unsaturated/α-hetero) is 1. The third kappa shape index (κ3) is 5.39. The lowest BCUT2D eigenvalue weighted by Crippen LogP contribution is -2.49. The van der Waals surface area contributed by atoms with Crippen molar-refractivity contribution in [1.82, 2.24) is 24.8 Å².